The summed E-state index contributed by atoms with van der Waals surface area (Å²) in [5, 5.41) is 2.83. The Balaban J connectivity index is 1.73. The van der Waals surface area contributed by atoms with E-state index in [1.54, 1.807) is 36.4 Å². The van der Waals surface area contributed by atoms with Crippen LogP contribution in [0, 0.1) is 0 Å². The van der Waals surface area contributed by atoms with Gasteiger partial charge in [-0.2, -0.15) is 0 Å². The quantitative estimate of drug-likeness (QED) is 0.892. The van der Waals surface area contributed by atoms with Crippen molar-refractivity contribution in [1.82, 2.24) is 14.9 Å². The highest BCUT2D eigenvalue weighted by Gasteiger charge is 2.25. The predicted molar refractivity (Wildman–Crippen MR) is 84.3 cm³/mol. The molecule has 0 fully saturated rings. The van der Waals surface area contributed by atoms with Crippen molar-refractivity contribution >= 4 is 17.7 Å². The van der Waals surface area contributed by atoms with Gasteiger partial charge in [0, 0.05) is 17.8 Å². The van der Waals surface area contributed by atoms with E-state index in [-0.39, 0.29) is 12.0 Å². The van der Waals surface area contributed by atoms with Crippen LogP contribution in [0.25, 0.3) is 0 Å². The number of hydrogen-bond acceptors (Lipinski definition) is 6. The second-order valence-corrected chi connectivity index (χ2v) is 5.05. The summed E-state index contributed by atoms with van der Waals surface area (Å²) in [4.78, 5) is 22.2. The zero-order chi connectivity index (χ0) is 16.4. The maximum Gasteiger partial charge on any atom is 0.322 e. The summed E-state index contributed by atoms with van der Waals surface area (Å²) in [5.41, 5.74) is 7.81. The molecular weight excluding hydrogens is 298 g/mol. The van der Waals surface area contributed by atoms with Gasteiger partial charge in [-0.05, 0) is 12.1 Å². The van der Waals surface area contributed by atoms with Crippen molar-refractivity contribution in [3.63, 3.8) is 0 Å². The molecule has 120 valence electrons. The Kier molecular flexibility index (Phi) is 3.88. The normalized spacial score (nSPS) is 12.7. The predicted octanol–water partition coefficient (Wildman–Crippen LogP) is 1.62. The molecule has 2 heterocycles. The number of carbonyl (C=O) groups excluding carboxylic acids is 1. The van der Waals surface area contributed by atoms with E-state index in [1.807, 2.05) is 0 Å². The van der Waals surface area contributed by atoms with Gasteiger partial charge in [-0.3, -0.25) is 0 Å². The number of hydrogen-bond donors (Lipinski definition) is 2. The number of carbonyl (C=O) groups is 1. The molecule has 0 spiro atoms. The van der Waals surface area contributed by atoms with E-state index in [0.29, 0.717) is 30.3 Å². The smallest absolute Gasteiger partial charge is 0.322 e. The van der Waals surface area contributed by atoms with Crippen LogP contribution in [0.5, 0.6) is 11.5 Å². The molecule has 1 aliphatic heterocycles. The highest BCUT2D eigenvalue weighted by atomic mass is 16.5. The van der Waals surface area contributed by atoms with Crippen LogP contribution < -0.4 is 20.5 Å². The SMILES string of the molecule is COc1ccc(NC(=O)N2Cc3cnc(N)nc3C2)c(OC)c1. The molecule has 8 heteroatoms. The summed E-state index contributed by atoms with van der Waals surface area (Å²) in [5.74, 6) is 1.39. The average Bonchev–Trinajstić information content (AvgIpc) is 2.98. The van der Waals surface area contributed by atoms with Crippen LogP contribution in [0.1, 0.15) is 11.3 Å². The van der Waals surface area contributed by atoms with Crippen molar-refractivity contribution in [3.8, 4) is 11.5 Å². The maximum atomic E-state index is 12.4. The molecule has 0 saturated heterocycles. The molecule has 23 heavy (non-hydrogen) atoms. The molecule has 0 radical (unpaired) electrons. The topological polar surface area (TPSA) is 103 Å². The fourth-order valence-corrected chi connectivity index (χ4v) is 2.41. The molecule has 1 aliphatic rings. The van der Waals surface area contributed by atoms with E-state index in [4.69, 9.17) is 15.2 Å². The van der Waals surface area contributed by atoms with Crippen LogP contribution in [0.2, 0.25) is 0 Å². The van der Waals surface area contributed by atoms with Gasteiger partial charge in [0.05, 0.1) is 38.7 Å². The van der Waals surface area contributed by atoms with Crippen molar-refractivity contribution in [2.75, 3.05) is 25.3 Å². The summed E-state index contributed by atoms with van der Waals surface area (Å²) in [6, 6.07) is 4.95. The maximum absolute atomic E-state index is 12.4. The van der Waals surface area contributed by atoms with Gasteiger partial charge in [-0.1, -0.05) is 0 Å². The van der Waals surface area contributed by atoms with Crippen molar-refractivity contribution in [2.24, 2.45) is 0 Å². The molecule has 2 amide bonds. The van der Waals surface area contributed by atoms with Gasteiger partial charge < -0.3 is 25.4 Å². The number of ether oxygens (including phenoxy) is 2. The number of nitrogens with zero attached hydrogens (tertiary/aromatic N) is 3. The van der Waals surface area contributed by atoms with E-state index < -0.39 is 0 Å². The third-order valence-electron chi connectivity index (χ3n) is 3.61. The van der Waals surface area contributed by atoms with Gasteiger partial charge in [0.1, 0.15) is 11.5 Å². The van der Waals surface area contributed by atoms with E-state index in [0.717, 1.165) is 11.3 Å². The van der Waals surface area contributed by atoms with Crippen molar-refractivity contribution in [1.29, 1.82) is 0 Å². The van der Waals surface area contributed by atoms with E-state index in [9.17, 15) is 4.79 Å². The first-order valence-electron chi connectivity index (χ1n) is 6.99. The second kappa shape index (κ2) is 5.99. The number of aromatic nitrogens is 2. The molecule has 8 nitrogen and oxygen atoms in total. The highest BCUT2D eigenvalue weighted by Crippen LogP contribution is 2.30. The van der Waals surface area contributed by atoms with Crippen LogP contribution in [0.4, 0.5) is 16.4 Å². The van der Waals surface area contributed by atoms with Crippen molar-refractivity contribution in [3.05, 3.63) is 35.7 Å². The zero-order valence-electron chi connectivity index (χ0n) is 12.9. The number of fused-ring (bicyclic) bond motifs is 1. The van der Waals surface area contributed by atoms with Gasteiger partial charge in [0.15, 0.2) is 0 Å². The number of amides is 2. The van der Waals surface area contributed by atoms with Crippen LogP contribution in [0.15, 0.2) is 24.4 Å². The first-order chi connectivity index (χ1) is 11.1. The molecule has 0 aliphatic carbocycles. The summed E-state index contributed by atoms with van der Waals surface area (Å²) in [7, 11) is 3.11. The first-order valence-corrected chi connectivity index (χ1v) is 6.99. The van der Waals surface area contributed by atoms with Crippen molar-refractivity contribution in [2.45, 2.75) is 13.1 Å². The molecule has 1 aromatic carbocycles. The standard InChI is InChI=1S/C15H17N5O3/c1-22-10-3-4-11(13(5-10)23-2)19-15(21)20-7-9-6-17-14(16)18-12(9)8-20/h3-6H,7-8H2,1-2H3,(H,19,21)(H2,16,17,18). The lowest BCUT2D eigenvalue weighted by Gasteiger charge is -2.17. The van der Waals surface area contributed by atoms with Crippen LogP contribution >= 0.6 is 0 Å². The average molecular weight is 315 g/mol. The number of anilines is 2. The molecular formula is C15H17N5O3. The van der Waals surface area contributed by atoms with E-state index in [1.165, 1.54) is 7.11 Å². The van der Waals surface area contributed by atoms with Gasteiger partial charge >= 0.3 is 6.03 Å². The molecule has 3 rings (SSSR count). The summed E-state index contributed by atoms with van der Waals surface area (Å²) in [6.07, 6.45) is 1.65. The highest BCUT2D eigenvalue weighted by molar-refractivity contribution is 5.91. The van der Waals surface area contributed by atoms with Crippen LogP contribution in [-0.4, -0.2) is 35.1 Å². The third kappa shape index (κ3) is 2.96. The minimum Gasteiger partial charge on any atom is -0.497 e. The number of nitrogen functional groups attached to an aromatic ring is 1. The minimum absolute atomic E-state index is 0.211. The summed E-state index contributed by atoms with van der Waals surface area (Å²) < 4.78 is 10.4. The number of benzene rings is 1. The monoisotopic (exact) mass is 315 g/mol. The number of rotatable bonds is 3. The van der Waals surface area contributed by atoms with Gasteiger partial charge in [0.2, 0.25) is 5.95 Å². The minimum atomic E-state index is -0.245. The fourth-order valence-electron chi connectivity index (χ4n) is 2.41. The van der Waals surface area contributed by atoms with Gasteiger partial charge in [0.25, 0.3) is 0 Å². The molecule has 0 bridgehead atoms. The van der Waals surface area contributed by atoms with Crippen LogP contribution in [-0.2, 0) is 13.1 Å². The lowest BCUT2D eigenvalue weighted by Crippen LogP contribution is -2.30. The zero-order valence-corrected chi connectivity index (χ0v) is 12.9. The Morgan fingerprint density at radius 1 is 1.30 bits per heavy atom. The van der Waals surface area contributed by atoms with Gasteiger partial charge in [-0.15, -0.1) is 0 Å². The van der Waals surface area contributed by atoms with Crippen molar-refractivity contribution < 1.29 is 14.3 Å². The van der Waals surface area contributed by atoms with Gasteiger partial charge in [-0.25, -0.2) is 14.8 Å². The second-order valence-electron chi connectivity index (χ2n) is 5.05. The third-order valence-corrected chi connectivity index (χ3v) is 3.61. The first kappa shape index (κ1) is 14.9. The molecule has 0 saturated carbocycles. The summed E-state index contributed by atoms with van der Waals surface area (Å²) in [6.45, 7) is 0.840. The Hall–Kier alpha value is -3.03. The Bertz CT molecular complexity index is 750. The molecule has 0 unspecified atom stereocenters. The Labute approximate surface area is 133 Å². The van der Waals surface area contributed by atoms with E-state index >= 15 is 0 Å². The molecule has 3 N–H and O–H groups in total. The molecule has 2 aromatic rings. The Morgan fingerprint density at radius 2 is 2.13 bits per heavy atom. The molecule has 0 atom stereocenters. The fraction of sp³-hybridized carbons (Fsp3) is 0.267. The largest absolute Gasteiger partial charge is 0.497 e. The van der Waals surface area contributed by atoms with E-state index in [2.05, 4.69) is 15.3 Å². The lowest BCUT2D eigenvalue weighted by molar-refractivity contribution is 0.212. The summed E-state index contributed by atoms with van der Waals surface area (Å²) >= 11 is 0. The number of nitrogens with two attached hydrogens (primary N) is 1. The van der Waals surface area contributed by atoms with Crippen LogP contribution in [0.3, 0.4) is 0 Å². The number of methoxy groups -OCH3 is 2. The number of nitrogens with one attached hydrogen (secondary N) is 1. The molecule has 1 aromatic heterocycles. The lowest BCUT2D eigenvalue weighted by atomic mass is 10.2. The number of urea groups is 1. The Morgan fingerprint density at radius 3 is 2.87 bits per heavy atom.